The second-order valence-electron chi connectivity index (χ2n) is 7.30. The van der Waals surface area contributed by atoms with Crippen molar-refractivity contribution in [2.45, 2.75) is 33.2 Å². The fourth-order valence-electron chi connectivity index (χ4n) is 3.54. The zero-order chi connectivity index (χ0) is 21.0. The highest BCUT2D eigenvalue weighted by Crippen LogP contribution is 2.33. The predicted molar refractivity (Wildman–Crippen MR) is 114 cm³/mol. The molecule has 2 aromatic carbocycles. The average Bonchev–Trinajstić information content (AvgIpc) is 2.72. The number of ether oxygens (including phenoxy) is 1. The first-order chi connectivity index (χ1) is 13.9. The molecule has 0 aliphatic carbocycles. The Morgan fingerprint density at radius 2 is 1.69 bits per heavy atom. The summed E-state index contributed by atoms with van der Waals surface area (Å²) in [4.78, 5) is 31.2. The quantitative estimate of drug-likeness (QED) is 0.593. The minimum Gasteiger partial charge on any atom is -0.468 e. The molecule has 0 bridgehead atoms. The molecule has 0 aliphatic rings. The molecule has 0 spiro atoms. The molecule has 3 aromatic rings. The van der Waals surface area contributed by atoms with Crippen molar-refractivity contribution in [1.82, 2.24) is 9.88 Å². The normalized spacial score (nSPS) is 10.9. The van der Waals surface area contributed by atoms with Crippen molar-refractivity contribution < 1.29 is 14.3 Å². The van der Waals surface area contributed by atoms with Crippen molar-refractivity contribution in [2.24, 2.45) is 0 Å². The van der Waals surface area contributed by atoms with E-state index >= 15 is 0 Å². The van der Waals surface area contributed by atoms with Crippen LogP contribution in [0.15, 0.2) is 54.6 Å². The van der Waals surface area contributed by atoms with E-state index in [0.717, 1.165) is 33.3 Å². The number of para-hydroxylation sites is 1. The molecular formula is C24H26N2O3. The van der Waals surface area contributed by atoms with Gasteiger partial charge in [0.05, 0.1) is 19.0 Å². The number of fused-ring (bicyclic) bond motifs is 1. The van der Waals surface area contributed by atoms with Crippen molar-refractivity contribution in [1.29, 1.82) is 0 Å². The SMILES string of the molecule is COC(=O)CN(C(=O)Cc1c(C)nc2ccccc2c1-c1ccccc1)C(C)C. The van der Waals surface area contributed by atoms with Crippen molar-refractivity contribution in [3.63, 3.8) is 0 Å². The van der Waals surface area contributed by atoms with Crippen LogP contribution in [0.1, 0.15) is 25.1 Å². The summed E-state index contributed by atoms with van der Waals surface area (Å²) >= 11 is 0. The van der Waals surface area contributed by atoms with Gasteiger partial charge in [-0.25, -0.2) is 0 Å². The largest absolute Gasteiger partial charge is 0.468 e. The minimum absolute atomic E-state index is 0.0618. The molecule has 1 aromatic heterocycles. The van der Waals surface area contributed by atoms with Gasteiger partial charge in [-0.3, -0.25) is 14.6 Å². The lowest BCUT2D eigenvalue weighted by Crippen LogP contribution is -2.42. The summed E-state index contributed by atoms with van der Waals surface area (Å²) in [5.41, 5.74) is 4.66. The number of methoxy groups -OCH3 is 1. The van der Waals surface area contributed by atoms with Crippen molar-refractivity contribution in [3.8, 4) is 11.1 Å². The molecule has 0 saturated carbocycles. The van der Waals surface area contributed by atoms with Crippen LogP contribution in [0.3, 0.4) is 0 Å². The topological polar surface area (TPSA) is 59.5 Å². The first-order valence-electron chi connectivity index (χ1n) is 9.72. The van der Waals surface area contributed by atoms with E-state index < -0.39 is 5.97 Å². The zero-order valence-electron chi connectivity index (χ0n) is 17.3. The van der Waals surface area contributed by atoms with Gasteiger partial charge in [-0.1, -0.05) is 48.5 Å². The molecule has 1 heterocycles. The molecule has 1 amide bonds. The smallest absolute Gasteiger partial charge is 0.325 e. The van der Waals surface area contributed by atoms with E-state index in [9.17, 15) is 9.59 Å². The summed E-state index contributed by atoms with van der Waals surface area (Å²) in [6, 6.07) is 17.9. The average molecular weight is 390 g/mol. The van der Waals surface area contributed by atoms with Gasteiger partial charge in [-0.05, 0) is 43.5 Å². The van der Waals surface area contributed by atoms with Gasteiger partial charge in [0.1, 0.15) is 6.54 Å². The minimum atomic E-state index is -0.427. The van der Waals surface area contributed by atoms with E-state index in [2.05, 4.69) is 0 Å². The van der Waals surface area contributed by atoms with Crippen molar-refractivity contribution >= 4 is 22.8 Å². The van der Waals surface area contributed by atoms with Crippen molar-refractivity contribution in [3.05, 3.63) is 65.9 Å². The van der Waals surface area contributed by atoms with Crippen LogP contribution >= 0.6 is 0 Å². The van der Waals surface area contributed by atoms with Crippen LogP contribution in [-0.4, -0.2) is 41.5 Å². The number of carbonyl (C=O) groups excluding carboxylic acids is 2. The summed E-state index contributed by atoms with van der Waals surface area (Å²) in [5.74, 6) is -0.550. The number of aryl methyl sites for hydroxylation is 1. The zero-order valence-corrected chi connectivity index (χ0v) is 17.3. The van der Waals surface area contributed by atoms with Crippen LogP contribution in [0, 0.1) is 6.92 Å². The van der Waals surface area contributed by atoms with E-state index in [-0.39, 0.29) is 24.9 Å². The molecule has 150 valence electrons. The molecular weight excluding hydrogens is 364 g/mol. The third-order valence-electron chi connectivity index (χ3n) is 5.06. The standard InChI is InChI=1S/C24H26N2O3/c1-16(2)26(15-23(28)29-4)22(27)14-20-17(3)25-21-13-9-8-12-19(21)24(20)18-10-6-5-7-11-18/h5-13,16H,14-15H2,1-4H3. The predicted octanol–water partition coefficient (Wildman–Crippen LogP) is 4.16. The second-order valence-corrected chi connectivity index (χ2v) is 7.30. The van der Waals surface area contributed by atoms with Gasteiger partial charge < -0.3 is 9.64 Å². The number of rotatable bonds is 6. The number of benzene rings is 2. The number of aromatic nitrogens is 1. The van der Waals surface area contributed by atoms with Crippen LogP contribution in [0.4, 0.5) is 0 Å². The van der Waals surface area contributed by atoms with Gasteiger partial charge in [0, 0.05) is 17.1 Å². The van der Waals surface area contributed by atoms with Crippen LogP contribution in [0.2, 0.25) is 0 Å². The fraction of sp³-hybridized carbons (Fsp3) is 0.292. The third-order valence-corrected chi connectivity index (χ3v) is 5.06. The first kappa shape index (κ1) is 20.5. The Labute approximate surface area is 171 Å². The maximum absolute atomic E-state index is 13.2. The number of amides is 1. The fourth-order valence-corrected chi connectivity index (χ4v) is 3.54. The Morgan fingerprint density at radius 3 is 2.34 bits per heavy atom. The number of hydrogen-bond donors (Lipinski definition) is 0. The lowest BCUT2D eigenvalue weighted by molar-refractivity contribution is -0.148. The maximum atomic E-state index is 13.2. The Balaban J connectivity index is 2.10. The van der Waals surface area contributed by atoms with Gasteiger partial charge in [0.15, 0.2) is 0 Å². The number of hydrogen-bond acceptors (Lipinski definition) is 4. The van der Waals surface area contributed by atoms with E-state index in [1.807, 2.05) is 75.4 Å². The first-order valence-corrected chi connectivity index (χ1v) is 9.72. The lowest BCUT2D eigenvalue weighted by atomic mass is 9.92. The Morgan fingerprint density at radius 1 is 1.03 bits per heavy atom. The number of esters is 1. The van der Waals surface area contributed by atoms with Gasteiger partial charge >= 0.3 is 5.97 Å². The number of nitrogens with zero attached hydrogens (tertiary/aromatic N) is 2. The number of carbonyl (C=O) groups is 2. The summed E-state index contributed by atoms with van der Waals surface area (Å²) in [6.45, 7) is 5.66. The van der Waals surface area contributed by atoms with Crippen LogP contribution in [0.25, 0.3) is 22.0 Å². The highest BCUT2D eigenvalue weighted by Gasteiger charge is 2.24. The van der Waals surface area contributed by atoms with Crippen LogP contribution in [-0.2, 0) is 20.7 Å². The van der Waals surface area contributed by atoms with Gasteiger partial charge in [0.25, 0.3) is 0 Å². The molecule has 0 N–H and O–H groups in total. The van der Waals surface area contributed by atoms with E-state index in [4.69, 9.17) is 9.72 Å². The van der Waals surface area contributed by atoms with Gasteiger partial charge in [-0.2, -0.15) is 0 Å². The second kappa shape index (κ2) is 8.86. The molecule has 0 aliphatic heterocycles. The summed E-state index contributed by atoms with van der Waals surface area (Å²) in [7, 11) is 1.33. The molecule has 0 saturated heterocycles. The number of pyridine rings is 1. The Bertz CT molecular complexity index is 1030. The summed E-state index contributed by atoms with van der Waals surface area (Å²) in [6.07, 6.45) is 0.170. The maximum Gasteiger partial charge on any atom is 0.325 e. The van der Waals surface area contributed by atoms with E-state index in [0.29, 0.717) is 0 Å². The Hall–Kier alpha value is -3.21. The van der Waals surface area contributed by atoms with Crippen LogP contribution < -0.4 is 0 Å². The monoisotopic (exact) mass is 390 g/mol. The lowest BCUT2D eigenvalue weighted by Gasteiger charge is -2.26. The Kier molecular flexibility index (Phi) is 6.27. The molecule has 0 radical (unpaired) electrons. The molecule has 29 heavy (non-hydrogen) atoms. The highest BCUT2D eigenvalue weighted by molar-refractivity contribution is 5.98. The summed E-state index contributed by atoms with van der Waals surface area (Å²) < 4.78 is 4.76. The summed E-state index contributed by atoms with van der Waals surface area (Å²) in [5, 5.41) is 1.01. The highest BCUT2D eigenvalue weighted by atomic mass is 16.5. The van der Waals surface area contributed by atoms with E-state index in [1.165, 1.54) is 7.11 Å². The third kappa shape index (κ3) is 4.45. The molecule has 0 unspecified atom stereocenters. The van der Waals surface area contributed by atoms with Crippen LogP contribution in [0.5, 0.6) is 0 Å². The molecule has 5 heteroatoms. The van der Waals surface area contributed by atoms with Gasteiger partial charge in [0.2, 0.25) is 5.91 Å². The van der Waals surface area contributed by atoms with E-state index in [1.54, 1.807) is 4.90 Å². The van der Waals surface area contributed by atoms with Gasteiger partial charge in [-0.15, -0.1) is 0 Å². The van der Waals surface area contributed by atoms with Crippen molar-refractivity contribution in [2.75, 3.05) is 13.7 Å². The molecule has 3 rings (SSSR count). The molecule has 0 atom stereocenters. The molecule has 5 nitrogen and oxygen atoms in total. The molecule has 0 fully saturated rings.